The van der Waals surface area contributed by atoms with Crippen LogP contribution in [0.15, 0.2) is 29.2 Å². The predicted molar refractivity (Wildman–Crippen MR) is 73.4 cm³/mol. The van der Waals surface area contributed by atoms with Gasteiger partial charge in [-0.1, -0.05) is 17.7 Å². The Labute approximate surface area is 117 Å². The molecule has 8 heteroatoms. The van der Waals surface area contributed by atoms with E-state index in [0.29, 0.717) is 11.4 Å². The van der Waals surface area contributed by atoms with Crippen LogP contribution in [0.4, 0.5) is 0 Å². The first-order valence-electron chi connectivity index (χ1n) is 5.74. The lowest BCUT2D eigenvalue weighted by atomic mass is 10.1. The van der Waals surface area contributed by atoms with Crippen molar-refractivity contribution in [3.8, 4) is 0 Å². The molecule has 1 heterocycles. The van der Waals surface area contributed by atoms with Crippen LogP contribution in [0.1, 0.15) is 6.42 Å². The van der Waals surface area contributed by atoms with Gasteiger partial charge in [0.05, 0.1) is 16.4 Å². The van der Waals surface area contributed by atoms with E-state index in [2.05, 4.69) is 4.72 Å². The van der Waals surface area contributed by atoms with Crippen LogP contribution in [0.25, 0.3) is 0 Å². The zero-order chi connectivity index (χ0) is 14.1. The molecule has 0 saturated carbocycles. The molecule has 0 unspecified atom stereocenters. The molecule has 0 aromatic heterocycles. The van der Waals surface area contributed by atoms with Gasteiger partial charge in [-0.05, 0) is 30.5 Å². The summed E-state index contributed by atoms with van der Waals surface area (Å²) in [7, 11) is -6.63. The second kappa shape index (κ2) is 5.40. The molecule has 1 aromatic rings. The van der Waals surface area contributed by atoms with Gasteiger partial charge in [0.2, 0.25) is 10.0 Å². The number of sulfone groups is 1. The van der Waals surface area contributed by atoms with Crippen molar-refractivity contribution in [2.24, 2.45) is 5.92 Å². The molecular weight excluding hydrogens is 310 g/mol. The molecule has 0 spiro atoms. The monoisotopic (exact) mass is 323 g/mol. The minimum atomic E-state index is -3.64. The molecule has 1 aliphatic rings. The van der Waals surface area contributed by atoms with Gasteiger partial charge in [-0.2, -0.15) is 0 Å². The Morgan fingerprint density at radius 3 is 2.68 bits per heavy atom. The zero-order valence-corrected chi connectivity index (χ0v) is 12.4. The second-order valence-electron chi connectivity index (χ2n) is 4.58. The van der Waals surface area contributed by atoms with Crippen molar-refractivity contribution in [3.63, 3.8) is 0 Å². The molecule has 1 fully saturated rings. The molecular formula is C11H14ClNO4S2. The molecule has 0 radical (unpaired) electrons. The van der Waals surface area contributed by atoms with Gasteiger partial charge in [0.25, 0.3) is 0 Å². The SMILES string of the molecule is O=S1(=O)CC[C@H](CNS(=O)(=O)c2cccc(Cl)c2)C1. The summed E-state index contributed by atoms with van der Waals surface area (Å²) >= 11 is 5.74. The number of halogens is 1. The number of rotatable bonds is 4. The highest BCUT2D eigenvalue weighted by atomic mass is 35.5. The first kappa shape index (κ1) is 14.8. The van der Waals surface area contributed by atoms with Crippen molar-refractivity contribution in [1.82, 2.24) is 4.72 Å². The first-order chi connectivity index (χ1) is 8.78. The molecule has 19 heavy (non-hydrogen) atoms. The molecule has 1 aliphatic heterocycles. The Balaban J connectivity index is 2.03. The highest BCUT2D eigenvalue weighted by Crippen LogP contribution is 2.19. The van der Waals surface area contributed by atoms with Gasteiger partial charge in [-0.25, -0.2) is 21.6 Å². The summed E-state index contributed by atoms with van der Waals surface area (Å²) in [5.74, 6) is 0.0284. The number of nitrogens with one attached hydrogen (secondary N) is 1. The van der Waals surface area contributed by atoms with Gasteiger partial charge in [-0.15, -0.1) is 0 Å². The Kier molecular flexibility index (Phi) is 4.20. The van der Waals surface area contributed by atoms with Gasteiger partial charge < -0.3 is 0 Å². The van der Waals surface area contributed by atoms with Crippen molar-refractivity contribution in [3.05, 3.63) is 29.3 Å². The summed E-state index contributed by atoms with van der Waals surface area (Å²) in [6, 6.07) is 5.94. The van der Waals surface area contributed by atoms with Crippen molar-refractivity contribution in [1.29, 1.82) is 0 Å². The fourth-order valence-corrected chi connectivity index (χ4v) is 5.26. The van der Waals surface area contributed by atoms with Crippen LogP contribution >= 0.6 is 11.6 Å². The number of benzene rings is 1. The predicted octanol–water partition coefficient (Wildman–Crippen LogP) is 1.05. The van der Waals surface area contributed by atoms with E-state index in [-0.39, 0.29) is 28.9 Å². The first-order valence-corrected chi connectivity index (χ1v) is 9.42. The maximum Gasteiger partial charge on any atom is 0.240 e. The van der Waals surface area contributed by atoms with Crippen LogP contribution in [-0.2, 0) is 19.9 Å². The van der Waals surface area contributed by atoms with Crippen molar-refractivity contribution in [2.75, 3.05) is 18.1 Å². The van der Waals surface area contributed by atoms with Crippen molar-refractivity contribution < 1.29 is 16.8 Å². The van der Waals surface area contributed by atoms with Crippen LogP contribution in [0.5, 0.6) is 0 Å². The van der Waals surface area contributed by atoms with Crippen LogP contribution < -0.4 is 4.72 Å². The maximum atomic E-state index is 12.0. The van der Waals surface area contributed by atoms with Gasteiger partial charge in [-0.3, -0.25) is 0 Å². The van der Waals surface area contributed by atoms with Crippen LogP contribution in [0.2, 0.25) is 5.02 Å². The van der Waals surface area contributed by atoms with Gasteiger partial charge in [0.1, 0.15) is 0 Å². The summed E-state index contributed by atoms with van der Waals surface area (Å²) in [5, 5.41) is 0.339. The summed E-state index contributed by atoms with van der Waals surface area (Å²) < 4.78 is 49.0. The van der Waals surface area contributed by atoms with E-state index in [1.165, 1.54) is 12.1 Å². The quantitative estimate of drug-likeness (QED) is 0.898. The fraction of sp³-hybridized carbons (Fsp3) is 0.455. The van der Waals surface area contributed by atoms with Gasteiger partial charge in [0.15, 0.2) is 9.84 Å². The van der Waals surface area contributed by atoms with Crippen molar-refractivity contribution in [2.45, 2.75) is 11.3 Å². The average Bonchev–Trinajstić information content (AvgIpc) is 2.67. The topological polar surface area (TPSA) is 80.3 Å². The third-order valence-corrected chi connectivity index (χ3v) is 6.49. The highest BCUT2D eigenvalue weighted by Gasteiger charge is 2.28. The summed E-state index contributed by atoms with van der Waals surface area (Å²) in [4.78, 5) is 0.0841. The van der Waals surface area contributed by atoms with E-state index in [4.69, 9.17) is 11.6 Å². The third kappa shape index (κ3) is 3.92. The summed E-state index contributed by atoms with van der Waals surface area (Å²) in [6.07, 6.45) is 0.500. The maximum absolute atomic E-state index is 12.0. The normalized spacial score (nSPS) is 22.5. The smallest absolute Gasteiger partial charge is 0.229 e. The Morgan fingerprint density at radius 1 is 1.37 bits per heavy atom. The van der Waals surface area contributed by atoms with E-state index in [9.17, 15) is 16.8 Å². The summed E-state index contributed by atoms with van der Waals surface area (Å²) in [5.41, 5.74) is 0. The lowest BCUT2D eigenvalue weighted by Gasteiger charge is -2.10. The van der Waals surface area contributed by atoms with Crippen LogP contribution in [-0.4, -0.2) is 34.9 Å². The minimum absolute atomic E-state index is 0.0467. The molecule has 0 amide bonds. The number of hydrogen-bond donors (Lipinski definition) is 1. The largest absolute Gasteiger partial charge is 0.240 e. The lowest BCUT2D eigenvalue weighted by molar-refractivity contribution is 0.543. The fourth-order valence-electron chi connectivity index (χ4n) is 1.98. The molecule has 1 saturated heterocycles. The van der Waals surface area contributed by atoms with Crippen LogP contribution in [0.3, 0.4) is 0 Å². The van der Waals surface area contributed by atoms with Crippen LogP contribution in [0, 0.1) is 5.92 Å². The van der Waals surface area contributed by atoms with E-state index < -0.39 is 19.9 Å². The van der Waals surface area contributed by atoms with E-state index in [0.717, 1.165) is 0 Å². The molecule has 5 nitrogen and oxygen atoms in total. The average molecular weight is 324 g/mol. The van der Waals surface area contributed by atoms with E-state index >= 15 is 0 Å². The van der Waals surface area contributed by atoms with Crippen molar-refractivity contribution >= 4 is 31.5 Å². The number of hydrogen-bond acceptors (Lipinski definition) is 4. The molecule has 0 aliphatic carbocycles. The lowest BCUT2D eigenvalue weighted by Crippen LogP contribution is -2.29. The Hall–Kier alpha value is -0.630. The van der Waals surface area contributed by atoms with Gasteiger partial charge >= 0.3 is 0 Å². The molecule has 2 rings (SSSR count). The molecule has 1 atom stereocenters. The molecule has 0 bridgehead atoms. The third-order valence-electron chi connectivity index (χ3n) is 3.00. The summed E-state index contributed by atoms with van der Waals surface area (Å²) in [6.45, 7) is 0.133. The molecule has 1 N–H and O–H groups in total. The molecule has 106 valence electrons. The minimum Gasteiger partial charge on any atom is -0.229 e. The Morgan fingerprint density at radius 2 is 2.11 bits per heavy atom. The highest BCUT2D eigenvalue weighted by molar-refractivity contribution is 7.91. The Bertz CT molecular complexity index is 670. The van der Waals surface area contributed by atoms with Gasteiger partial charge in [0, 0.05) is 11.6 Å². The second-order valence-corrected chi connectivity index (χ2v) is 9.01. The number of sulfonamides is 1. The zero-order valence-electron chi connectivity index (χ0n) is 10.0. The van der Waals surface area contributed by atoms with E-state index in [1.54, 1.807) is 12.1 Å². The standard InChI is InChI=1S/C11H14ClNO4S2/c12-10-2-1-3-11(6-10)19(16,17)13-7-9-4-5-18(14,15)8-9/h1-3,6,9,13H,4-5,7-8H2/t9-/m1/s1. The molecule has 1 aromatic carbocycles. The van der Waals surface area contributed by atoms with E-state index in [1.807, 2.05) is 0 Å².